The van der Waals surface area contributed by atoms with Gasteiger partial charge in [0.15, 0.2) is 0 Å². The van der Waals surface area contributed by atoms with Gasteiger partial charge in [-0.15, -0.1) is 0 Å². The van der Waals surface area contributed by atoms with E-state index in [0.717, 1.165) is 24.5 Å². The summed E-state index contributed by atoms with van der Waals surface area (Å²) in [7, 11) is 0. The van der Waals surface area contributed by atoms with Crippen molar-refractivity contribution in [3.05, 3.63) is 99.6 Å². The summed E-state index contributed by atoms with van der Waals surface area (Å²) in [4.78, 5) is 21.2. The Labute approximate surface area is 215 Å². The fourth-order valence-electron chi connectivity index (χ4n) is 4.45. The highest BCUT2D eigenvalue weighted by Crippen LogP contribution is 2.45. The van der Waals surface area contributed by atoms with E-state index in [9.17, 15) is 13.6 Å². The minimum atomic E-state index is -0.645. The van der Waals surface area contributed by atoms with Crippen molar-refractivity contribution < 1.29 is 13.6 Å². The number of aromatic nitrogens is 2. The molecule has 0 aliphatic heterocycles. The Bertz CT molecular complexity index is 1270. The van der Waals surface area contributed by atoms with Crippen molar-refractivity contribution in [2.45, 2.75) is 51.1 Å². The van der Waals surface area contributed by atoms with Crippen molar-refractivity contribution >= 4 is 23.6 Å². The third kappa shape index (κ3) is 6.15. The summed E-state index contributed by atoms with van der Waals surface area (Å²) >= 11 is 6.01. The average molecular weight is 511 g/mol. The van der Waals surface area contributed by atoms with E-state index in [0.29, 0.717) is 29.9 Å². The fourth-order valence-corrected chi connectivity index (χ4v) is 4.68. The van der Waals surface area contributed by atoms with E-state index in [1.54, 1.807) is 13.8 Å². The molecule has 1 fully saturated rings. The van der Waals surface area contributed by atoms with E-state index in [4.69, 9.17) is 11.6 Å². The maximum atomic E-state index is 14.2. The van der Waals surface area contributed by atoms with Crippen LogP contribution in [0.15, 0.2) is 49.0 Å². The van der Waals surface area contributed by atoms with Gasteiger partial charge in [-0.05, 0) is 80.5 Å². The summed E-state index contributed by atoms with van der Waals surface area (Å²) in [5, 5.41) is 6.80. The largest absolute Gasteiger partial charge is 0.348 e. The van der Waals surface area contributed by atoms with Crippen molar-refractivity contribution in [1.29, 1.82) is 0 Å². The molecule has 1 aromatic heterocycles. The van der Waals surface area contributed by atoms with Gasteiger partial charge in [0.1, 0.15) is 28.3 Å². The summed E-state index contributed by atoms with van der Waals surface area (Å²) in [6.07, 6.45) is 4.66. The molecule has 1 saturated carbocycles. The predicted octanol–water partition coefficient (Wildman–Crippen LogP) is 5.68. The van der Waals surface area contributed by atoms with Gasteiger partial charge >= 0.3 is 0 Å². The molecule has 1 atom stereocenters. The van der Waals surface area contributed by atoms with Gasteiger partial charge in [0.05, 0.1) is 0 Å². The second-order valence-corrected chi connectivity index (χ2v) is 9.68. The summed E-state index contributed by atoms with van der Waals surface area (Å²) in [5.41, 5.74) is 3.18. The van der Waals surface area contributed by atoms with Gasteiger partial charge in [0.2, 0.25) is 0 Å². The molecule has 1 aliphatic carbocycles. The molecule has 1 amide bonds. The van der Waals surface area contributed by atoms with Gasteiger partial charge in [0.25, 0.3) is 5.91 Å². The number of hydrogen-bond acceptors (Lipinski definition) is 4. The maximum absolute atomic E-state index is 14.2. The molecule has 188 valence electrons. The smallest absolute Gasteiger partial charge is 0.270 e. The van der Waals surface area contributed by atoms with Crippen LogP contribution in [0.4, 0.5) is 8.78 Å². The van der Waals surface area contributed by atoms with Crippen molar-refractivity contribution in [1.82, 2.24) is 20.6 Å². The number of aryl methyl sites for hydroxylation is 1. The van der Waals surface area contributed by atoms with Crippen LogP contribution in [0.25, 0.3) is 6.08 Å². The van der Waals surface area contributed by atoms with Crippen LogP contribution in [0, 0.1) is 25.5 Å². The van der Waals surface area contributed by atoms with Gasteiger partial charge in [-0.1, -0.05) is 42.5 Å². The lowest BCUT2D eigenvalue weighted by Gasteiger charge is -2.23. The minimum Gasteiger partial charge on any atom is -0.348 e. The molecule has 2 N–H and O–H groups in total. The van der Waals surface area contributed by atoms with E-state index in [-0.39, 0.29) is 22.8 Å². The highest BCUT2D eigenvalue weighted by atomic mass is 35.5. The third-order valence-corrected chi connectivity index (χ3v) is 6.83. The Kier molecular flexibility index (Phi) is 7.81. The van der Waals surface area contributed by atoms with Crippen LogP contribution in [0.2, 0.25) is 5.15 Å². The molecule has 8 heteroatoms. The third-order valence-electron chi connectivity index (χ3n) is 6.64. The molecular weight excluding hydrogens is 482 g/mol. The van der Waals surface area contributed by atoms with E-state index >= 15 is 0 Å². The molecule has 0 spiro atoms. The lowest BCUT2D eigenvalue weighted by molar-refractivity contribution is 0.0929. The van der Waals surface area contributed by atoms with Crippen molar-refractivity contribution in [2.75, 3.05) is 6.54 Å². The van der Waals surface area contributed by atoms with Gasteiger partial charge in [-0.3, -0.25) is 4.79 Å². The topological polar surface area (TPSA) is 66.9 Å². The molecule has 0 bridgehead atoms. The van der Waals surface area contributed by atoms with Crippen molar-refractivity contribution in [3.63, 3.8) is 0 Å². The van der Waals surface area contributed by atoms with Crippen LogP contribution in [0.5, 0.6) is 0 Å². The van der Waals surface area contributed by atoms with E-state index in [1.165, 1.54) is 17.7 Å². The normalized spacial score (nSPS) is 14.8. The zero-order valence-electron chi connectivity index (χ0n) is 20.4. The number of amides is 1. The lowest BCUT2D eigenvalue weighted by atomic mass is 9.97. The number of hydrogen-bond donors (Lipinski definition) is 2. The number of halogens is 3. The molecule has 36 heavy (non-hydrogen) atoms. The first-order chi connectivity index (χ1) is 17.2. The van der Waals surface area contributed by atoms with E-state index < -0.39 is 23.6 Å². The SMILES string of the molecule is C=Cc1cccc(C2(NCC[C@H](Cc3cc(F)cc(F)c3C)NC(=O)c3cc(Cl)nc(C)n3)CC2)c1. The Morgan fingerprint density at radius 2 is 1.97 bits per heavy atom. The number of benzene rings is 2. The Morgan fingerprint density at radius 1 is 1.19 bits per heavy atom. The standard InChI is InChI=1S/C28H29ClF2N4O/c1-4-19-6-5-7-21(12-19)28(9-10-28)32-11-8-23(14-20-13-22(30)15-24(31)17(20)2)35-27(36)25-16-26(29)34-18(3)33-25/h4-7,12-13,15-16,23,32H,1,8-11,14H2,2-3H3,(H,35,36)/t23-/m1/s1. The summed E-state index contributed by atoms with van der Waals surface area (Å²) < 4.78 is 28.2. The molecule has 0 unspecified atom stereocenters. The van der Waals surface area contributed by atoms with Gasteiger partial charge in [0, 0.05) is 23.7 Å². The quantitative estimate of drug-likeness (QED) is 0.344. The second-order valence-electron chi connectivity index (χ2n) is 9.30. The number of rotatable bonds is 10. The summed E-state index contributed by atoms with van der Waals surface area (Å²) in [6.45, 7) is 7.72. The molecular formula is C28H29ClF2N4O. The summed E-state index contributed by atoms with van der Waals surface area (Å²) in [6, 6.07) is 11.5. The molecule has 0 saturated heterocycles. The molecule has 2 aromatic carbocycles. The fraction of sp³-hybridized carbons (Fsp3) is 0.321. The van der Waals surface area contributed by atoms with Crippen LogP contribution in [0.3, 0.4) is 0 Å². The predicted molar refractivity (Wildman–Crippen MR) is 138 cm³/mol. The monoisotopic (exact) mass is 510 g/mol. The van der Waals surface area contributed by atoms with Crippen LogP contribution < -0.4 is 10.6 Å². The molecule has 1 aliphatic rings. The number of nitrogens with one attached hydrogen (secondary N) is 2. The summed E-state index contributed by atoms with van der Waals surface area (Å²) in [5.74, 6) is -1.29. The molecule has 1 heterocycles. The van der Waals surface area contributed by atoms with Crippen molar-refractivity contribution in [2.24, 2.45) is 0 Å². The van der Waals surface area contributed by atoms with Crippen LogP contribution in [0.1, 0.15) is 57.8 Å². The van der Waals surface area contributed by atoms with Crippen molar-refractivity contribution in [3.8, 4) is 0 Å². The molecule has 3 aromatic rings. The molecule has 0 radical (unpaired) electrons. The Morgan fingerprint density at radius 3 is 2.67 bits per heavy atom. The number of carbonyl (C=O) groups excluding carboxylic acids is 1. The van der Waals surface area contributed by atoms with Gasteiger partial charge < -0.3 is 10.6 Å². The Hall–Kier alpha value is -3.16. The zero-order chi connectivity index (χ0) is 25.9. The van der Waals surface area contributed by atoms with E-state index in [1.807, 2.05) is 18.2 Å². The highest BCUT2D eigenvalue weighted by Gasteiger charge is 2.43. The van der Waals surface area contributed by atoms with Crippen LogP contribution >= 0.6 is 11.6 Å². The zero-order valence-corrected chi connectivity index (χ0v) is 21.1. The first-order valence-electron chi connectivity index (χ1n) is 11.9. The minimum absolute atomic E-state index is 0.105. The van der Waals surface area contributed by atoms with Gasteiger partial charge in [-0.2, -0.15) is 0 Å². The maximum Gasteiger partial charge on any atom is 0.270 e. The Balaban J connectivity index is 1.50. The van der Waals surface area contributed by atoms with Gasteiger partial charge in [-0.25, -0.2) is 18.7 Å². The molecule has 5 nitrogen and oxygen atoms in total. The number of nitrogens with zero attached hydrogens (tertiary/aromatic N) is 2. The van der Waals surface area contributed by atoms with E-state index in [2.05, 4.69) is 39.3 Å². The number of carbonyl (C=O) groups is 1. The lowest BCUT2D eigenvalue weighted by Crippen LogP contribution is -2.40. The second kappa shape index (κ2) is 10.8. The highest BCUT2D eigenvalue weighted by molar-refractivity contribution is 6.29. The molecule has 4 rings (SSSR count). The first kappa shape index (κ1) is 25.9. The average Bonchev–Trinajstić information content (AvgIpc) is 3.62. The first-order valence-corrected chi connectivity index (χ1v) is 12.3. The van der Waals surface area contributed by atoms with Crippen LogP contribution in [-0.4, -0.2) is 28.5 Å². The van der Waals surface area contributed by atoms with Crippen LogP contribution in [-0.2, 0) is 12.0 Å².